The number of hydrogen-bond donors (Lipinski definition) is 2. The predicted octanol–water partition coefficient (Wildman–Crippen LogP) is 2.52. The molecule has 2 N–H and O–H groups in total. The Morgan fingerprint density at radius 1 is 1.22 bits per heavy atom. The van der Waals surface area contributed by atoms with Gasteiger partial charge in [0.15, 0.2) is 0 Å². The lowest BCUT2D eigenvalue weighted by Crippen LogP contribution is -2.37. The molecule has 2 heterocycles. The molecule has 1 saturated carbocycles. The van der Waals surface area contributed by atoms with Gasteiger partial charge in [0.1, 0.15) is 23.6 Å². The fourth-order valence-electron chi connectivity index (χ4n) is 3.55. The van der Waals surface area contributed by atoms with E-state index in [1.54, 1.807) is 0 Å². The average Bonchev–Trinajstić information content (AvgIpc) is 3.05. The molecule has 1 aromatic carbocycles. The van der Waals surface area contributed by atoms with Crippen LogP contribution in [0.15, 0.2) is 36.5 Å². The molecule has 3 atom stereocenters. The zero-order valence-electron chi connectivity index (χ0n) is 13.9. The molecule has 1 aromatic heterocycles. The van der Waals surface area contributed by atoms with E-state index in [4.69, 9.17) is 0 Å². The smallest absolute Gasteiger partial charge is 0.320 e. The van der Waals surface area contributed by atoms with Crippen LogP contribution < -0.4 is 15.5 Å². The van der Waals surface area contributed by atoms with Crippen molar-refractivity contribution >= 4 is 23.2 Å². The lowest BCUT2D eigenvalue weighted by atomic mass is 10.2. The predicted molar refractivity (Wildman–Crippen MR) is 92.4 cm³/mol. The zero-order chi connectivity index (χ0) is 19.1. The summed E-state index contributed by atoms with van der Waals surface area (Å²) in [6.07, 6.45) is 1.07. The Balaban J connectivity index is 1.29. The van der Waals surface area contributed by atoms with Gasteiger partial charge >= 0.3 is 6.03 Å². The molecule has 27 heavy (non-hydrogen) atoms. The third-order valence-electron chi connectivity index (χ3n) is 4.94. The van der Waals surface area contributed by atoms with Crippen LogP contribution in [0.25, 0.3) is 0 Å². The van der Waals surface area contributed by atoms with Crippen molar-refractivity contribution < 1.29 is 18.5 Å². The van der Waals surface area contributed by atoms with Crippen molar-refractivity contribution in [1.82, 2.24) is 10.3 Å². The molecule has 10 heteroatoms. The Kier molecular flexibility index (Phi) is 4.09. The first-order valence-corrected chi connectivity index (χ1v) is 8.30. The van der Waals surface area contributed by atoms with Gasteiger partial charge in [-0.25, -0.2) is 18.6 Å². The molecule has 0 unspecified atom stereocenters. The third kappa shape index (κ3) is 3.37. The summed E-state index contributed by atoms with van der Waals surface area (Å²) in [5.74, 6) is -0.603. The van der Waals surface area contributed by atoms with Crippen molar-refractivity contribution in [2.75, 3.05) is 23.3 Å². The maximum absolute atomic E-state index is 13.9. The number of benzene rings is 1. The fourth-order valence-corrected chi connectivity index (χ4v) is 3.55. The lowest BCUT2D eigenvalue weighted by Gasteiger charge is -2.22. The monoisotopic (exact) mass is 375 g/mol. The SMILES string of the molecule is O=C(Nc1ccc([N+](=O)[O-])cn1)N[C@H]1[C@@H]2CN(c3ccc(F)cc3F)C[C@@H]21. The molecule has 140 valence electrons. The summed E-state index contributed by atoms with van der Waals surface area (Å²) in [5.41, 5.74) is 0.202. The first-order chi connectivity index (χ1) is 12.9. The first kappa shape index (κ1) is 17.1. The van der Waals surface area contributed by atoms with Gasteiger partial charge in [0.25, 0.3) is 5.69 Å². The second kappa shape index (κ2) is 6.45. The van der Waals surface area contributed by atoms with Crippen LogP contribution >= 0.6 is 0 Å². The number of rotatable bonds is 4. The van der Waals surface area contributed by atoms with Gasteiger partial charge in [0, 0.05) is 43.1 Å². The van der Waals surface area contributed by atoms with Crippen LogP contribution in [0.5, 0.6) is 0 Å². The number of carbonyl (C=O) groups excluding carboxylic acids is 1. The maximum Gasteiger partial charge on any atom is 0.320 e. The van der Waals surface area contributed by atoms with Crippen molar-refractivity contribution in [3.05, 3.63) is 58.3 Å². The number of urea groups is 1. The number of aromatic nitrogens is 1. The Labute approximate surface area is 152 Å². The van der Waals surface area contributed by atoms with Gasteiger partial charge in [-0.1, -0.05) is 0 Å². The maximum atomic E-state index is 13.9. The van der Waals surface area contributed by atoms with Crippen molar-refractivity contribution in [1.29, 1.82) is 0 Å². The van der Waals surface area contributed by atoms with Gasteiger partial charge in [-0.2, -0.15) is 0 Å². The lowest BCUT2D eigenvalue weighted by molar-refractivity contribution is -0.385. The van der Waals surface area contributed by atoms with Gasteiger partial charge in [0.05, 0.1) is 10.6 Å². The Hall–Kier alpha value is -3.30. The number of nitrogens with one attached hydrogen (secondary N) is 2. The van der Waals surface area contributed by atoms with Crippen LogP contribution in [-0.4, -0.2) is 35.1 Å². The van der Waals surface area contributed by atoms with E-state index in [-0.39, 0.29) is 29.4 Å². The van der Waals surface area contributed by atoms with E-state index in [9.17, 15) is 23.7 Å². The number of anilines is 2. The second-order valence-electron chi connectivity index (χ2n) is 6.61. The molecule has 2 amide bonds. The Bertz CT molecular complexity index is 896. The Morgan fingerprint density at radius 3 is 2.56 bits per heavy atom. The van der Waals surface area contributed by atoms with Crippen LogP contribution in [-0.2, 0) is 0 Å². The molecule has 2 fully saturated rings. The van der Waals surface area contributed by atoms with Gasteiger partial charge in [-0.3, -0.25) is 15.4 Å². The highest BCUT2D eigenvalue weighted by atomic mass is 19.1. The molecule has 4 rings (SSSR count). The average molecular weight is 375 g/mol. The number of amides is 2. The highest BCUT2D eigenvalue weighted by molar-refractivity contribution is 5.88. The van der Waals surface area contributed by atoms with Crippen LogP contribution in [0.2, 0.25) is 0 Å². The summed E-state index contributed by atoms with van der Waals surface area (Å²) < 4.78 is 26.9. The van der Waals surface area contributed by atoms with Crippen LogP contribution in [0, 0.1) is 33.6 Å². The van der Waals surface area contributed by atoms with E-state index >= 15 is 0 Å². The van der Waals surface area contributed by atoms with Crippen molar-refractivity contribution in [3.8, 4) is 0 Å². The summed E-state index contributed by atoms with van der Waals surface area (Å²) in [5, 5.41) is 15.9. The highest BCUT2D eigenvalue weighted by Crippen LogP contribution is 2.47. The fraction of sp³-hybridized carbons (Fsp3) is 0.294. The molecular weight excluding hydrogens is 360 g/mol. The van der Waals surface area contributed by atoms with Crippen LogP contribution in [0.3, 0.4) is 0 Å². The van der Waals surface area contributed by atoms with Crippen molar-refractivity contribution in [2.45, 2.75) is 6.04 Å². The number of hydrogen-bond acceptors (Lipinski definition) is 5. The van der Waals surface area contributed by atoms with Gasteiger partial charge in [-0.05, 0) is 18.2 Å². The number of nitrogens with zero attached hydrogens (tertiary/aromatic N) is 3. The highest BCUT2D eigenvalue weighted by Gasteiger charge is 2.56. The normalized spacial score (nSPS) is 22.9. The van der Waals surface area contributed by atoms with Gasteiger partial charge in [-0.15, -0.1) is 0 Å². The minimum absolute atomic E-state index is 0.0252. The quantitative estimate of drug-likeness (QED) is 0.632. The van der Waals surface area contributed by atoms with Gasteiger partial charge in [0.2, 0.25) is 0 Å². The molecule has 1 saturated heterocycles. The standard InChI is InChI=1S/C17H15F2N5O3/c18-9-1-3-14(13(19)5-9)23-7-11-12(8-23)16(11)22-17(25)21-15-4-2-10(6-20-15)24(26)27/h1-6,11-12,16H,7-8H2,(H2,20,21,22,25)/t11-,12+,16+. The molecule has 0 bridgehead atoms. The summed E-state index contributed by atoms with van der Waals surface area (Å²) in [7, 11) is 0. The topological polar surface area (TPSA) is 100 Å². The van der Waals surface area contributed by atoms with Crippen molar-refractivity contribution in [3.63, 3.8) is 0 Å². The summed E-state index contributed by atoms with van der Waals surface area (Å²) in [6.45, 7) is 1.15. The summed E-state index contributed by atoms with van der Waals surface area (Å²) in [6, 6.07) is 5.64. The second-order valence-corrected chi connectivity index (χ2v) is 6.61. The van der Waals surface area contributed by atoms with E-state index in [0.717, 1.165) is 12.3 Å². The largest absolute Gasteiger partial charge is 0.368 e. The minimum atomic E-state index is -0.614. The first-order valence-electron chi connectivity index (χ1n) is 8.30. The number of fused-ring (bicyclic) bond motifs is 1. The molecule has 1 aliphatic carbocycles. The number of halogens is 2. The van der Waals surface area contributed by atoms with E-state index < -0.39 is 22.6 Å². The van der Waals surface area contributed by atoms with E-state index in [0.29, 0.717) is 18.8 Å². The molecule has 0 radical (unpaired) electrons. The summed E-state index contributed by atoms with van der Waals surface area (Å²) in [4.78, 5) is 27.7. The van der Waals surface area contributed by atoms with E-state index in [2.05, 4.69) is 15.6 Å². The van der Waals surface area contributed by atoms with Crippen LogP contribution in [0.4, 0.5) is 30.8 Å². The number of piperidine rings is 1. The number of pyridine rings is 1. The molecule has 2 aliphatic rings. The minimum Gasteiger partial charge on any atom is -0.368 e. The number of nitro groups is 1. The number of carbonyl (C=O) groups is 1. The molecule has 1 aliphatic heterocycles. The summed E-state index contributed by atoms with van der Waals surface area (Å²) >= 11 is 0. The molecule has 0 spiro atoms. The zero-order valence-corrected chi connectivity index (χ0v) is 13.9. The van der Waals surface area contributed by atoms with Gasteiger partial charge < -0.3 is 10.2 Å². The Morgan fingerprint density at radius 2 is 1.96 bits per heavy atom. The van der Waals surface area contributed by atoms with E-state index in [1.807, 2.05) is 4.90 Å². The van der Waals surface area contributed by atoms with E-state index in [1.165, 1.54) is 24.3 Å². The molecule has 8 nitrogen and oxygen atoms in total. The molecular formula is C17H15F2N5O3. The van der Waals surface area contributed by atoms with Crippen molar-refractivity contribution in [2.24, 2.45) is 11.8 Å². The molecule has 2 aromatic rings. The van der Waals surface area contributed by atoms with Crippen LogP contribution in [0.1, 0.15) is 0 Å². The third-order valence-corrected chi connectivity index (χ3v) is 4.94.